The summed E-state index contributed by atoms with van der Waals surface area (Å²) in [5, 5.41) is 3.84. The Morgan fingerprint density at radius 3 is 2.46 bits per heavy atom. The zero-order chi connectivity index (χ0) is 19.8. The molecule has 3 rings (SSSR count). The lowest BCUT2D eigenvalue weighted by atomic mass is 10.2. The molecule has 1 amide bonds. The average Bonchev–Trinajstić information content (AvgIpc) is 3.12. The molecule has 28 heavy (non-hydrogen) atoms. The molecule has 1 aromatic heterocycles. The summed E-state index contributed by atoms with van der Waals surface area (Å²) in [5.74, 6) is 1.53. The highest BCUT2D eigenvalue weighted by Gasteiger charge is 2.05. The predicted octanol–water partition coefficient (Wildman–Crippen LogP) is 4.38. The maximum absolute atomic E-state index is 12.1. The molecular weight excluding hydrogens is 374 g/mol. The second-order valence-electron chi connectivity index (χ2n) is 6.12. The van der Waals surface area contributed by atoms with Gasteiger partial charge in [-0.05, 0) is 55.0 Å². The van der Waals surface area contributed by atoms with Gasteiger partial charge in [0.15, 0.2) is 5.16 Å². The fraction of sp³-hybridized carbons (Fsp3) is 0.238. The summed E-state index contributed by atoms with van der Waals surface area (Å²) in [6.07, 6.45) is 4.73. The van der Waals surface area contributed by atoms with Gasteiger partial charge in [-0.3, -0.25) is 4.79 Å². The van der Waals surface area contributed by atoms with Crippen molar-refractivity contribution in [1.82, 2.24) is 9.55 Å². The van der Waals surface area contributed by atoms with Crippen molar-refractivity contribution in [1.29, 1.82) is 0 Å². The van der Waals surface area contributed by atoms with E-state index in [0.29, 0.717) is 19.4 Å². The number of aromatic nitrogens is 2. The van der Waals surface area contributed by atoms with Crippen LogP contribution in [0.15, 0.2) is 71.0 Å². The number of nitrogens with zero attached hydrogens (tertiary/aromatic N) is 2. The van der Waals surface area contributed by atoms with Crippen LogP contribution in [0.5, 0.6) is 11.5 Å². The van der Waals surface area contributed by atoms with Crippen LogP contribution in [0.1, 0.15) is 12.8 Å². The van der Waals surface area contributed by atoms with Crippen molar-refractivity contribution in [3.05, 3.63) is 60.9 Å². The second-order valence-corrected chi connectivity index (χ2v) is 7.16. The largest absolute Gasteiger partial charge is 0.497 e. The van der Waals surface area contributed by atoms with Crippen LogP contribution in [0.3, 0.4) is 0 Å². The molecule has 0 saturated heterocycles. The van der Waals surface area contributed by atoms with Gasteiger partial charge < -0.3 is 19.4 Å². The average molecular weight is 398 g/mol. The van der Waals surface area contributed by atoms with Crippen LogP contribution in [0.4, 0.5) is 5.69 Å². The van der Waals surface area contributed by atoms with Crippen LogP contribution in [-0.4, -0.2) is 29.2 Å². The lowest BCUT2D eigenvalue weighted by Gasteiger charge is -2.08. The molecule has 0 unspecified atom stereocenters. The molecule has 0 saturated carbocycles. The van der Waals surface area contributed by atoms with Gasteiger partial charge in [-0.2, -0.15) is 0 Å². The van der Waals surface area contributed by atoms with Gasteiger partial charge in [0.25, 0.3) is 0 Å². The number of hydrogen-bond donors (Lipinski definition) is 1. The monoisotopic (exact) mass is 397 g/mol. The van der Waals surface area contributed by atoms with Crippen molar-refractivity contribution in [2.75, 3.05) is 19.0 Å². The van der Waals surface area contributed by atoms with E-state index in [1.807, 2.05) is 66.3 Å². The highest BCUT2D eigenvalue weighted by molar-refractivity contribution is 7.99. The number of imidazole rings is 1. The van der Waals surface area contributed by atoms with E-state index in [-0.39, 0.29) is 5.91 Å². The van der Waals surface area contributed by atoms with E-state index in [4.69, 9.17) is 9.47 Å². The first-order valence-corrected chi connectivity index (χ1v) is 9.77. The smallest absolute Gasteiger partial charge is 0.224 e. The minimum absolute atomic E-state index is 0.0252. The molecule has 6 nitrogen and oxygen atoms in total. The Morgan fingerprint density at radius 2 is 1.82 bits per heavy atom. The van der Waals surface area contributed by atoms with Crippen molar-refractivity contribution in [2.45, 2.75) is 22.9 Å². The molecule has 0 spiro atoms. The lowest BCUT2D eigenvalue weighted by Crippen LogP contribution is -2.12. The molecule has 0 bridgehead atoms. The molecule has 0 fully saturated rings. The molecule has 1 N–H and O–H groups in total. The summed E-state index contributed by atoms with van der Waals surface area (Å²) < 4.78 is 12.7. The van der Waals surface area contributed by atoms with Gasteiger partial charge in [0.1, 0.15) is 11.5 Å². The Kier molecular flexibility index (Phi) is 6.97. The van der Waals surface area contributed by atoms with Crippen molar-refractivity contribution < 1.29 is 14.3 Å². The number of carbonyl (C=O) groups is 1. The van der Waals surface area contributed by atoms with E-state index in [1.165, 1.54) is 0 Å². The fourth-order valence-corrected chi connectivity index (χ4v) is 3.28. The number of rotatable bonds is 9. The first kappa shape index (κ1) is 19.8. The number of nitrogens with one attached hydrogen (secondary N) is 1. The summed E-state index contributed by atoms with van der Waals surface area (Å²) in [6.45, 7) is 0.485. The molecule has 0 aliphatic heterocycles. The van der Waals surface area contributed by atoms with Crippen LogP contribution < -0.4 is 14.8 Å². The normalized spacial score (nSPS) is 10.5. The van der Waals surface area contributed by atoms with Gasteiger partial charge in [0.05, 0.1) is 13.7 Å². The van der Waals surface area contributed by atoms with Crippen LogP contribution in [0.25, 0.3) is 0 Å². The third-order valence-electron chi connectivity index (χ3n) is 4.00. The number of hydrogen-bond acceptors (Lipinski definition) is 5. The number of amides is 1. The van der Waals surface area contributed by atoms with E-state index < -0.39 is 0 Å². The van der Waals surface area contributed by atoms with Gasteiger partial charge in [0.2, 0.25) is 5.91 Å². The van der Waals surface area contributed by atoms with E-state index in [0.717, 1.165) is 27.2 Å². The standard InChI is InChI=1S/C21H23N3O3S/c1-24-14-13-22-21(24)28-19-11-5-16(6-12-19)23-20(25)4-3-15-27-18-9-7-17(26-2)8-10-18/h5-14H,3-4,15H2,1-2H3,(H,23,25). The zero-order valence-corrected chi connectivity index (χ0v) is 16.7. The third-order valence-corrected chi connectivity index (χ3v) is 5.08. The first-order valence-electron chi connectivity index (χ1n) is 8.96. The molecule has 0 aliphatic carbocycles. The molecule has 3 aromatic rings. The van der Waals surface area contributed by atoms with Gasteiger partial charge in [-0.25, -0.2) is 4.98 Å². The summed E-state index contributed by atoms with van der Waals surface area (Å²) in [7, 11) is 3.59. The van der Waals surface area contributed by atoms with Gasteiger partial charge in [0, 0.05) is 36.4 Å². The second kappa shape index (κ2) is 9.85. The summed E-state index contributed by atoms with van der Waals surface area (Å²) in [6, 6.07) is 15.1. The van der Waals surface area contributed by atoms with Crippen molar-refractivity contribution >= 4 is 23.4 Å². The van der Waals surface area contributed by atoms with Crippen molar-refractivity contribution in [3.63, 3.8) is 0 Å². The first-order chi connectivity index (χ1) is 13.6. The Balaban J connectivity index is 1.38. The van der Waals surface area contributed by atoms with Gasteiger partial charge in [-0.1, -0.05) is 11.8 Å². The minimum atomic E-state index is -0.0252. The maximum atomic E-state index is 12.1. The van der Waals surface area contributed by atoms with Crippen LogP contribution in [0.2, 0.25) is 0 Å². The number of methoxy groups -OCH3 is 1. The lowest BCUT2D eigenvalue weighted by molar-refractivity contribution is -0.116. The third kappa shape index (κ3) is 5.79. The summed E-state index contributed by atoms with van der Waals surface area (Å²) in [5.41, 5.74) is 0.783. The van der Waals surface area contributed by atoms with Crippen LogP contribution in [0, 0.1) is 0 Å². The minimum Gasteiger partial charge on any atom is -0.497 e. The van der Waals surface area contributed by atoms with Crippen molar-refractivity contribution in [2.24, 2.45) is 7.05 Å². The highest BCUT2D eigenvalue weighted by atomic mass is 32.2. The van der Waals surface area contributed by atoms with Gasteiger partial charge >= 0.3 is 0 Å². The Bertz CT molecular complexity index is 892. The Morgan fingerprint density at radius 1 is 1.11 bits per heavy atom. The number of benzene rings is 2. The molecule has 146 valence electrons. The van der Waals surface area contributed by atoms with Crippen molar-refractivity contribution in [3.8, 4) is 11.5 Å². The molecule has 7 heteroatoms. The molecular formula is C21H23N3O3S. The fourth-order valence-electron chi connectivity index (χ4n) is 2.48. The Labute approximate surface area is 168 Å². The maximum Gasteiger partial charge on any atom is 0.224 e. The number of aryl methyl sites for hydroxylation is 1. The van der Waals surface area contributed by atoms with Gasteiger partial charge in [-0.15, -0.1) is 0 Å². The van der Waals surface area contributed by atoms with Crippen LogP contribution >= 0.6 is 11.8 Å². The molecule has 1 heterocycles. The molecule has 2 aromatic carbocycles. The zero-order valence-electron chi connectivity index (χ0n) is 15.9. The van der Waals surface area contributed by atoms with Crippen LogP contribution in [-0.2, 0) is 11.8 Å². The molecule has 0 atom stereocenters. The quantitative estimate of drug-likeness (QED) is 0.543. The summed E-state index contributed by atoms with van der Waals surface area (Å²) >= 11 is 1.58. The topological polar surface area (TPSA) is 65.4 Å². The number of carbonyl (C=O) groups excluding carboxylic acids is 1. The highest BCUT2D eigenvalue weighted by Crippen LogP contribution is 2.26. The van der Waals surface area contributed by atoms with E-state index >= 15 is 0 Å². The number of anilines is 1. The predicted molar refractivity (Wildman–Crippen MR) is 110 cm³/mol. The molecule has 0 aliphatic rings. The Hall–Kier alpha value is -2.93. The molecule has 0 radical (unpaired) electrons. The van der Waals surface area contributed by atoms with E-state index in [9.17, 15) is 4.79 Å². The summed E-state index contributed by atoms with van der Waals surface area (Å²) in [4.78, 5) is 17.5. The number of ether oxygens (including phenoxy) is 2. The van der Waals surface area contributed by atoms with E-state index in [1.54, 1.807) is 25.1 Å². The van der Waals surface area contributed by atoms with E-state index in [2.05, 4.69) is 10.3 Å². The SMILES string of the molecule is COc1ccc(OCCCC(=O)Nc2ccc(Sc3nccn3C)cc2)cc1.